The second-order valence-corrected chi connectivity index (χ2v) is 39.3. The summed E-state index contributed by atoms with van der Waals surface area (Å²) in [4.78, 5) is 122. The molecule has 0 spiro atoms. The van der Waals surface area contributed by atoms with Crippen LogP contribution in [0.4, 0.5) is 9.59 Å². The van der Waals surface area contributed by atoms with Crippen molar-refractivity contribution in [2.45, 2.75) is 229 Å². The zero-order chi connectivity index (χ0) is 88.1. The van der Waals surface area contributed by atoms with Crippen LogP contribution in [0.3, 0.4) is 0 Å². The van der Waals surface area contributed by atoms with Gasteiger partial charge in [-0.25, -0.2) is 46.3 Å². The maximum atomic E-state index is 14.7. The van der Waals surface area contributed by atoms with Gasteiger partial charge >= 0.3 is 18.2 Å². The molecule has 33 heteroatoms. The molecule has 640 valence electrons. The van der Waals surface area contributed by atoms with Crippen LogP contribution in [0, 0.1) is 53.8 Å². The second-order valence-electron chi connectivity index (χ2n) is 35.2. The molecule has 12 rings (SSSR count). The number of ether oxygens (including phenoxy) is 6. The number of pyridine rings is 2. The van der Waals surface area contributed by atoms with Crippen molar-refractivity contribution in [3.63, 3.8) is 0 Å². The SMILES string of the molecule is C=C[C@@H]1C[C@]1(NC(=O)[C@@H]1C[C@@H](Oc2cc(-c3ccccc3)nc3cc(OC)ccc23)CN1C(=O)[C@@H](NC(=O)OC(C)(C)C)C(C)(C)C)C(=O)NS(=O)(=O)C1(CC)CC1.C=C[C@@H]1C[C@]1(NC(=O)[C@@H]1C[C@@H](Oc2cc(-c3ccccc3)nc3cc(OC)ccc23)CN1C(=O)[C@@H](NC(=O)OC(C)(C)C)C(C)(C)C)C(=O)O.CCC1(S(N)(=O)=O)CC1.[2H][B].[U]. The van der Waals surface area contributed by atoms with Crippen molar-refractivity contribution in [1.29, 1.82) is 1.34 Å². The summed E-state index contributed by atoms with van der Waals surface area (Å²) < 4.78 is 89.3. The summed E-state index contributed by atoms with van der Waals surface area (Å²) in [5.74, 6) is -3.24. The number of alkyl carbamates (subject to hydrolysis) is 2. The van der Waals surface area contributed by atoms with E-state index in [4.69, 9.17) is 44.9 Å². The number of likely N-dealkylation sites (tertiary alicyclic amines) is 2. The van der Waals surface area contributed by atoms with Gasteiger partial charge in [0.25, 0.3) is 5.91 Å². The van der Waals surface area contributed by atoms with E-state index >= 15 is 0 Å². The number of amides is 7. The fraction of sp³-hybridized carbons (Fsp3) is 0.512. The predicted octanol–water partition coefficient (Wildman–Crippen LogP) is 10.6. The molecule has 4 aromatic carbocycles. The van der Waals surface area contributed by atoms with Gasteiger partial charge in [-0.15, -0.1) is 13.2 Å². The fourth-order valence-electron chi connectivity index (χ4n) is 14.8. The number of rotatable bonds is 25. The number of nitrogens with one attached hydrogen (secondary N) is 5. The smallest absolute Gasteiger partial charge is 0.408 e. The molecular formula is C86H113BN10O19S2U. The summed E-state index contributed by atoms with van der Waals surface area (Å²) in [6.45, 7) is 32.1. The van der Waals surface area contributed by atoms with E-state index in [9.17, 15) is 60.3 Å². The van der Waals surface area contributed by atoms with Crippen molar-refractivity contribution in [2.75, 3.05) is 27.3 Å². The first-order chi connectivity index (χ1) is 55.6. The van der Waals surface area contributed by atoms with Crippen LogP contribution in [0.15, 0.2) is 135 Å². The maximum Gasteiger partial charge on any atom is 0.408 e. The molecule has 0 unspecified atom stereocenters. The van der Waals surface area contributed by atoms with Gasteiger partial charge in [0.15, 0.2) is 0 Å². The third-order valence-electron chi connectivity index (χ3n) is 22.3. The summed E-state index contributed by atoms with van der Waals surface area (Å²) in [5, 5.41) is 27.4. The number of carboxylic acid groups (broad SMARTS) is 1. The average Bonchev–Trinajstić information content (AvgIpc) is 1.56. The van der Waals surface area contributed by atoms with E-state index in [0.29, 0.717) is 81.9 Å². The van der Waals surface area contributed by atoms with Gasteiger partial charge in [0.2, 0.25) is 43.7 Å². The van der Waals surface area contributed by atoms with E-state index in [2.05, 4.69) is 47.5 Å². The van der Waals surface area contributed by atoms with Gasteiger partial charge < -0.3 is 64.6 Å². The molecule has 4 heterocycles. The quantitative estimate of drug-likeness (QED) is 0.0207. The Morgan fingerprint density at radius 3 is 1.26 bits per heavy atom. The fourth-order valence-corrected chi connectivity index (χ4v) is 17.5. The van der Waals surface area contributed by atoms with Gasteiger partial charge in [-0.05, 0) is 129 Å². The number of benzene rings is 4. The van der Waals surface area contributed by atoms with Crippen LogP contribution in [0.2, 0.25) is 0 Å². The molecule has 2 saturated heterocycles. The molecule has 29 nitrogen and oxygen atoms in total. The third kappa shape index (κ3) is 21.9. The number of primary sulfonamides is 1. The number of carbonyl (C=O) groups is 8. The van der Waals surface area contributed by atoms with E-state index in [1.165, 1.54) is 22.0 Å². The largest absolute Gasteiger partial charge is 0.497 e. The number of fused-ring (bicyclic) bond motifs is 2. The van der Waals surface area contributed by atoms with Crippen LogP contribution in [0.25, 0.3) is 44.3 Å². The Morgan fingerprint density at radius 2 is 0.958 bits per heavy atom. The molecule has 6 aromatic rings. The van der Waals surface area contributed by atoms with Crippen molar-refractivity contribution >= 4 is 97.9 Å². The summed E-state index contributed by atoms with van der Waals surface area (Å²) >= 11 is 0. The molecule has 4 saturated carbocycles. The molecule has 119 heavy (non-hydrogen) atoms. The van der Waals surface area contributed by atoms with Crippen molar-refractivity contribution in [2.24, 2.45) is 27.8 Å². The summed E-state index contributed by atoms with van der Waals surface area (Å²) in [6.07, 6.45) is 3.81. The van der Waals surface area contributed by atoms with Crippen molar-refractivity contribution < 1.29 is 120 Å². The van der Waals surface area contributed by atoms with Crippen LogP contribution >= 0.6 is 0 Å². The topological polar surface area (TPSA) is 399 Å². The van der Waals surface area contributed by atoms with Crippen molar-refractivity contribution in [1.82, 2.24) is 45.8 Å². The minimum absolute atomic E-state index is 0. The van der Waals surface area contributed by atoms with Gasteiger partial charge in [-0.1, -0.05) is 128 Å². The summed E-state index contributed by atoms with van der Waals surface area (Å²) in [7, 11) is -0.378. The van der Waals surface area contributed by atoms with Crippen molar-refractivity contribution in [3.8, 4) is 45.5 Å². The molecular weight excluding hydrogens is 1790 g/mol. The maximum absolute atomic E-state index is 14.7. The molecule has 2 aliphatic heterocycles. The predicted molar refractivity (Wildman–Crippen MR) is 450 cm³/mol. The normalized spacial score (nSPS) is 22.4. The zero-order valence-corrected chi connectivity index (χ0v) is 76.4. The molecule has 4 aliphatic carbocycles. The Bertz CT molecular complexity index is 5060. The van der Waals surface area contributed by atoms with Gasteiger partial charge in [0.05, 0.1) is 59.2 Å². The Kier molecular flexibility index (Phi) is 28.8. The second kappa shape index (κ2) is 36.6. The van der Waals surface area contributed by atoms with Crippen LogP contribution in [-0.4, -0.2) is 195 Å². The number of hydrogen-bond acceptors (Lipinski definition) is 20. The molecule has 2 aromatic heterocycles. The number of nitrogens with two attached hydrogens (primary N) is 1. The minimum atomic E-state index is -4.03. The number of aromatic nitrogens is 2. The molecule has 2 radical (unpaired) electrons. The monoisotopic (exact) mass is 1900 g/mol. The van der Waals surface area contributed by atoms with E-state index in [-0.39, 0.29) is 69.9 Å². The number of carboxylic acids is 1. The number of sulfonamides is 2. The average molecular weight is 1900 g/mol. The van der Waals surface area contributed by atoms with Gasteiger partial charge in [0, 0.05) is 110 Å². The Morgan fingerprint density at radius 1 is 0.588 bits per heavy atom. The number of aliphatic carboxylic acids is 1. The van der Waals surface area contributed by atoms with E-state index in [0.717, 1.165) is 24.0 Å². The van der Waals surface area contributed by atoms with Crippen LogP contribution in [0.1, 0.15) is 161 Å². The first-order valence-electron chi connectivity index (χ1n) is 39.9. The van der Waals surface area contributed by atoms with E-state index < -0.39 is 159 Å². The Balaban J connectivity index is 0.000000265. The van der Waals surface area contributed by atoms with Gasteiger partial charge in [-0.2, -0.15) is 0 Å². The van der Waals surface area contributed by atoms with Crippen LogP contribution in [0.5, 0.6) is 23.0 Å². The Hall–Kier alpha value is -9.28. The number of methoxy groups -OCH3 is 2. The minimum Gasteiger partial charge on any atom is -0.497 e. The number of nitrogens with zero attached hydrogens (tertiary/aromatic N) is 4. The van der Waals surface area contributed by atoms with E-state index in [1.54, 1.807) is 122 Å². The molecule has 6 fully saturated rings. The number of hydrogen-bond donors (Lipinski definition) is 7. The molecule has 7 amide bonds. The standard InChI is InChI=1S/C43H55N5O9S.C38H46N4O8.C5H11NO2S.BH.U/c1-10-27-24-43(27,38(51)47-58(53,54)42(11-2)19-20-42)46-36(49)33-22-29(25-48(33)37(50)35(40(3,4)5)45-39(52)57-41(6,7)8)56-34-23-31(26-15-13-12-14-16-26)44-32-21-28(55-9)17-18-30(32)34;1-9-23-20-38(23,34(45)46)41-32(43)29-18-25(21-42(29)33(44)31(36(2,3)4)40-35(47)50-37(5,6)7)49-30-19-27(22-13-11-10-12-14-22)39-28-17-24(48-8)15-16-26(28)30;1-2-5(3-4-5)9(6,7)8;;/h10,12-18,21,23,27,29,33,35H,1,11,19-20,22,24-25H2,2-9H3,(H,45,52)(H,46,49)(H,47,51);9-17,19,23,25,29,31H,1,18,20-21H2,2-8H3,(H,40,47)(H,41,43)(H,45,46);2-4H2,1H3,(H2,6,7,8);1H;/t27-,29-,33+,35-,43-;23-,25-,29+,31-,38-;;;/m11.../s1/i;;;1D;. The molecule has 6 aliphatic rings. The number of carbonyl (C=O) groups excluding carboxylic acids is 7. The zero-order valence-electron chi connectivity index (χ0n) is 71.6. The molecule has 8 N–H and O–H groups in total. The van der Waals surface area contributed by atoms with Crippen molar-refractivity contribution in [3.05, 3.63) is 135 Å². The first kappa shape index (κ1) is 93.6. The van der Waals surface area contributed by atoms with Crippen LogP contribution in [-0.2, 0) is 58.3 Å². The van der Waals surface area contributed by atoms with E-state index in [1.807, 2.05) is 97.9 Å². The van der Waals surface area contributed by atoms with Crippen LogP contribution < -0.4 is 50.1 Å². The van der Waals surface area contributed by atoms with Gasteiger partial charge in [0.1, 0.15) is 81.7 Å². The van der Waals surface area contributed by atoms with Gasteiger partial charge in [-0.3, -0.25) is 28.7 Å². The third-order valence-corrected chi connectivity index (χ3v) is 26.5. The molecule has 10 atom stereocenters. The summed E-state index contributed by atoms with van der Waals surface area (Å²) in [6, 6.07) is 29.2. The molecule has 0 bridgehead atoms. The first-order valence-corrected chi connectivity index (χ1v) is 42.4. The Labute approximate surface area is 724 Å². The summed E-state index contributed by atoms with van der Waals surface area (Å²) in [5.41, 5.74) is -2.14.